The fraction of sp³-hybridized carbons (Fsp3) is 0.350. The van der Waals surface area contributed by atoms with Crippen molar-refractivity contribution in [1.82, 2.24) is 0 Å². The second-order valence-corrected chi connectivity index (χ2v) is 6.78. The number of aryl methyl sites for hydroxylation is 1. The fourth-order valence-electron chi connectivity index (χ4n) is 2.77. The molecule has 1 fully saturated rings. The van der Waals surface area contributed by atoms with Gasteiger partial charge in [0.2, 0.25) is 5.91 Å². The van der Waals surface area contributed by atoms with E-state index >= 15 is 0 Å². The highest BCUT2D eigenvalue weighted by Gasteiger charge is 2.36. The molecular formula is C20H24N2O2. The summed E-state index contributed by atoms with van der Waals surface area (Å²) in [4.78, 5) is 14.1. The second-order valence-electron chi connectivity index (χ2n) is 6.78. The molecule has 2 aromatic rings. The molecule has 3 rings (SSSR count). The van der Waals surface area contributed by atoms with E-state index in [1.165, 1.54) is 12.5 Å². The van der Waals surface area contributed by atoms with Gasteiger partial charge in [0, 0.05) is 37.5 Å². The van der Waals surface area contributed by atoms with Gasteiger partial charge in [-0.05, 0) is 61.2 Å². The first-order chi connectivity index (χ1) is 11.4. The number of hydrogen-bond donors (Lipinski definition) is 1. The van der Waals surface area contributed by atoms with Gasteiger partial charge in [0.15, 0.2) is 0 Å². The van der Waals surface area contributed by atoms with Crippen molar-refractivity contribution >= 4 is 23.4 Å². The minimum Gasteiger partial charge on any atom is -0.461 e. The molecule has 1 aliphatic carbocycles. The van der Waals surface area contributed by atoms with E-state index in [2.05, 4.69) is 18.3 Å². The summed E-state index contributed by atoms with van der Waals surface area (Å²) in [7, 11) is 3.99. The summed E-state index contributed by atoms with van der Waals surface area (Å²) in [6, 6.07) is 9.89. The van der Waals surface area contributed by atoms with E-state index in [9.17, 15) is 4.79 Å². The van der Waals surface area contributed by atoms with Gasteiger partial charge in [0.1, 0.15) is 11.5 Å². The number of benzene rings is 1. The number of furan rings is 1. The monoisotopic (exact) mass is 324 g/mol. The summed E-state index contributed by atoms with van der Waals surface area (Å²) < 4.78 is 5.77. The maximum Gasteiger partial charge on any atom is 0.248 e. The topological polar surface area (TPSA) is 45.5 Å². The summed E-state index contributed by atoms with van der Waals surface area (Å²) in [6.07, 6.45) is 4.42. The van der Waals surface area contributed by atoms with Crippen LogP contribution < -0.4 is 10.2 Å². The van der Waals surface area contributed by atoms with Crippen molar-refractivity contribution in [3.8, 4) is 0 Å². The lowest BCUT2D eigenvalue weighted by Gasteiger charge is -2.15. The molecule has 1 saturated carbocycles. The van der Waals surface area contributed by atoms with Crippen LogP contribution in [0.3, 0.4) is 0 Å². The zero-order valence-electron chi connectivity index (χ0n) is 14.7. The molecule has 4 nitrogen and oxygen atoms in total. The van der Waals surface area contributed by atoms with Gasteiger partial charge in [-0.1, -0.05) is 6.92 Å². The number of anilines is 2. The van der Waals surface area contributed by atoms with Gasteiger partial charge in [-0.25, -0.2) is 0 Å². The number of amides is 1. The molecule has 4 heteroatoms. The van der Waals surface area contributed by atoms with Crippen LogP contribution >= 0.6 is 0 Å². The zero-order chi connectivity index (χ0) is 17.3. The quantitative estimate of drug-likeness (QED) is 0.828. The predicted octanol–water partition coefficient (Wildman–Crippen LogP) is 4.43. The molecule has 1 amide bonds. The molecule has 126 valence electrons. The van der Waals surface area contributed by atoms with Gasteiger partial charge < -0.3 is 14.6 Å². The molecule has 0 unspecified atom stereocenters. The molecule has 0 bridgehead atoms. The molecule has 1 aromatic heterocycles. The van der Waals surface area contributed by atoms with Crippen LogP contribution in [-0.2, 0) is 4.79 Å². The number of carbonyl (C=O) groups excluding carboxylic acids is 1. The van der Waals surface area contributed by atoms with Crippen LogP contribution in [0.25, 0.3) is 6.08 Å². The molecule has 2 atom stereocenters. The highest BCUT2D eigenvalue weighted by atomic mass is 16.3. The van der Waals surface area contributed by atoms with Crippen LogP contribution in [0, 0.1) is 12.8 Å². The Morgan fingerprint density at radius 2 is 2.04 bits per heavy atom. The van der Waals surface area contributed by atoms with E-state index in [1.54, 1.807) is 6.08 Å². The Morgan fingerprint density at radius 3 is 2.67 bits per heavy atom. The summed E-state index contributed by atoms with van der Waals surface area (Å²) in [5.41, 5.74) is 2.96. The maximum absolute atomic E-state index is 12.1. The number of nitrogens with one attached hydrogen (secondary N) is 1. The van der Waals surface area contributed by atoms with Crippen molar-refractivity contribution in [3.63, 3.8) is 0 Å². The Kier molecular flexibility index (Phi) is 4.47. The van der Waals surface area contributed by atoms with Gasteiger partial charge in [-0.15, -0.1) is 0 Å². The van der Waals surface area contributed by atoms with Gasteiger partial charge in [0.05, 0.1) is 0 Å². The van der Waals surface area contributed by atoms with Crippen molar-refractivity contribution in [1.29, 1.82) is 0 Å². The van der Waals surface area contributed by atoms with E-state index < -0.39 is 0 Å². The largest absolute Gasteiger partial charge is 0.461 e. The summed E-state index contributed by atoms with van der Waals surface area (Å²) in [5, 5.41) is 2.91. The Hall–Kier alpha value is -2.49. The van der Waals surface area contributed by atoms with Crippen molar-refractivity contribution < 1.29 is 9.21 Å². The number of carbonyl (C=O) groups is 1. The van der Waals surface area contributed by atoms with Crippen LogP contribution in [0.15, 0.2) is 40.8 Å². The first-order valence-corrected chi connectivity index (χ1v) is 8.31. The molecule has 0 radical (unpaired) electrons. The van der Waals surface area contributed by atoms with Crippen molar-refractivity contribution in [2.75, 3.05) is 24.3 Å². The molecule has 0 saturated heterocycles. The highest BCUT2D eigenvalue weighted by molar-refractivity contribution is 6.02. The molecule has 1 aliphatic rings. The van der Waals surface area contributed by atoms with Crippen LogP contribution in [0.1, 0.15) is 36.3 Å². The van der Waals surface area contributed by atoms with Gasteiger partial charge in [-0.2, -0.15) is 0 Å². The molecule has 0 aliphatic heterocycles. The van der Waals surface area contributed by atoms with Gasteiger partial charge in [-0.3, -0.25) is 4.79 Å². The minimum absolute atomic E-state index is 0.159. The SMILES string of the molecule is Cc1cc(N(C)C)ccc1NC(=O)/C=C/c1ccc([C@@H]2C[C@@H]2C)o1. The average molecular weight is 324 g/mol. The lowest BCUT2D eigenvalue weighted by Crippen LogP contribution is -2.11. The Balaban J connectivity index is 1.62. The molecule has 1 heterocycles. The van der Waals surface area contributed by atoms with Gasteiger partial charge in [0.25, 0.3) is 0 Å². The molecular weight excluding hydrogens is 300 g/mol. The van der Waals surface area contributed by atoms with Crippen LogP contribution in [0.2, 0.25) is 0 Å². The molecule has 0 spiro atoms. The third-order valence-corrected chi connectivity index (χ3v) is 4.51. The number of rotatable bonds is 5. The second kappa shape index (κ2) is 6.56. The predicted molar refractivity (Wildman–Crippen MR) is 98.4 cm³/mol. The minimum atomic E-state index is -0.159. The third-order valence-electron chi connectivity index (χ3n) is 4.51. The smallest absolute Gasteiger partial charge is 0.248 e. The average Bonchev–Trinajstić information content (AvgIpc) is 3.08. The van der Waals surface area contributed by atoms with Gasteiger partial charge >= 0.3 is 0 Å². The molecule has 1 N–H and O–H groups in total. The van der Waals surface area contributed by atoms with Crippen molar-refractivity contribution in [3.05, 3.63) is 53.5 Å². The van der Waals surface area contributed by atoms with Crippen molar-refractivity contribution in [2.24, 2.45) is 5.92 Å². The Labute approximate surface area is 143 Å². The normalized spacial score (nSPS) is 19.5. The maximum atomic E-state index is 12.1. The lowest BCUT2D eigenvalue weighted by atomic mass is 10.1. The highest BCUT2D eigenvalue weighted by Crippen LogP contribution is 2.47. The van der Waals surface area contributed by atoms with Crippen LogP contribution in [0.5, 0.6) is 0 Å². The fourth-order valence-corrected chi connectivity index (χ4v) is 2.77. The molecule has 1 aromatic carbocycles. The van der Waals surface area contributed by atoms with Crippen LogP contribution in [0.4, 0.5) is 11.4 Å². The van der Waals surface area contributed by atoms with E-state index in [1.807, 2.05) is 50.2 Å². The summed E-state index contributed by atoms with van der Waals surface area (Å²) in [5.74, 6) is 2.85. The summed E-state index contributed by atoms with van der Waals surface area (Å²) >= 11 is 0. The number of hydrogen-bond acceptors (Lipinski definition) is 3. The van der Waals surface area contributed by atoms with E-state index in [-0.39, 0.29) is 5.91 Å². The zero-order valence-corrected chi connectivity index (χ0v) is 14.7. The lowest BCUT2D eigenvalue weighted by molar-refractivity contribution is -0.111. The van der Waals surface area contributed by atoms with Crippen molar-refractivity contribution in [2.45, 2.75) is 26.2 Å². The summed E-state index contributed by atoms with van der Waals surface area (Å²) in [6.45, 7) is 4.21. The van der Waals surface area contributed by atoms with E-state index in [0.717, 1.165) is 28.5 Å². The van der Waals surface area contributed by atoms with E-state index in [4.69, 9.17) is 4.42 Å². The number of nitrogens with zero attached hydrogens (tertiary/aromatic N) is 1. The van der Waals surface area contributed by atoms with Crippen LogP contribution in [-0.4, -0.2) is 20.0 Å². The molecule has 24 heavy (non-hydrogen) atoms. The standard InChI is InChI=1S/C20H24N2O2/c1-13-12-17(13)19-9-6-16(24-19)7-10-20(23)21-18-8-5-15(22(3)4)11-14(18)2/h5-11,13,17H,12H2,1-4H3,(H,21,23)/b10-7+/t13-,17+/m0/s1. The Bertz CT molecular complexity index is 774. The third kappa shape index (κ3) is 3.70. The Morgan fingerprint density at radius 1 is 1.29 bits per heavy atom. The van der Waals surface area contributed by atoms with E-state index in [0.29, 0.717) is 11.8 Å². The first kappa shape index (κ1) is 16.4. The first-order valence-electron chi connectivity index (χ1n) is 8.31.